The molecule has 2 N–H and O–H groups in total. The summed E-state index contributed by atoms with van der Waals surface area (Å²) < 4.78 is 23.3. The predicted octanol–water partition coefficient (Wildman–Crippen LogP) is 1.06. The number of nitrogens with two attached hydrogens (primary N) is 1. The van der Waals surface area contributed by atoms with Crippen LogP contribution in [0.3, 0.4) is 0 Å². The third kappa shape index (κ3) is 2.10. The van der Waals surface area contributed by atoms with Gasteiger partial charge in [0.15, 0.2) is 9.84 Å². The van der Waals surface area contributed by atoms with Crippen LogP contribution in [0, 0.1) is 0 Å². The van der Waals surface area contributed by atoms with Crippen LogP contribution in [0.5, 0.6) is 0 Å². The van der Waals surface area contributed by atoms with Crippen LogP contribution in [0.2, 0.25) is 0 Å². The van der Waals surface area contributed by atoms with Crippen molar-refractivity contribution in [3.63, 3.8) is 0 Å². The maximum atomic E-state index is 12.5. The molecule has 0 bridgehead atoms. The van der Waals surface area contributed by atoms with E-state index >= 15 is 0 Å². The lowest BCUT2D eigenvalue weighted by atomic mass is 10.1. The quantitative estimate of drug-likeness (QED) is 0.895. The van der Waals surface area contributed by atoms with E-state index in [9.17, 15) is 13.2 Å². The second-order valence-corrected chi connectivity index (χ2v) is 9.25. The first-order chi connectivity index (χ1) is 10.8. The molecule has 0 radical (unpaired) electrons. The average molecular weight is 335 g/mol. The molecule has 124 valence electrons. The van der Waals surface area contributed by atoms with Crippen molar-refractivity contribution in [2.45, 2.75) is 36.1 Å². The molecule has 1 aromatic rings. The van der Waals surface area contributed by atoms with E-state index in [1.165, 1.54) is 6.26 Å². The van der Waals surface area contributed by atoms with Gasteiger partial charge in [0.1, 0.15) is 0 Å². The van der Waals surface area contributed by atoms with Crippen LogP contribution in [-0.4, -0.2) is 50.8 Å². The van der Waals surface area contributed by atoms with Crippen molar-refractivity contribution in [1.82, 2.24) is 4.90 Å². The number of hydrogen-bond donors (Lipinski definition) is 1. The van der Waals surface area contributed by atoms with Gasteiger partial charge in [-0.1, -0.05) is 12.1 Å². The molecule has 1 aliphatic carbocycles. The molecule has 2 atom stereocenters. The van der Waals surface area contributed by atoms with Gasteiger partial charge < -0.3 is 10.6 Å². The van der Waals surface area contributed by atoms with Crippen molar-refractivity contribution in [1.29, 1.82) is 0 Å². The Labute approximate surface area is 136 Å². The highest BCUT2D eigenvalue weighted by Crippen LogP contribution is 2.52. The van der Waals surface area contributed by atoms with Gasteiger partial charge in [0.25, 0.3) is 0 Å². The molecule has 2 heterocycles. The van der Waals surface area contributed by atoms with Crippen molar-refractivity contribution in [3.05, 3.63) is 29.8 Å². The fourth-order valence-electron chi connectivity index (χ4n) is 3.92. The van der Waals surface area contributed by atoms with Gasteiger partial charge in [-0.25, -0.2) is 13.2 Å². The second kappa shape index (κ2) is 4.70. The minimum atomic E-state index is -3.11. The number of carbonyl (C=O) groups excluding carboxylic acids is 1. The molecule has 1 saturated carbocycles. The van der Waals surface area contributed by atoms with Crippen LogP contribution < -0.4 is 10.6 Å². The SMILES string of the molecule is CS(=O)(=O)C1(c2ccc(N3C[C@@H]4[C@H](N)CCN4C3=O)cc2)CC1. The highest BCUT2D eigenvalue weighted by molar-refractivity contribution is 7.92. The number of amides is 2. The van der Waals surface area contributed by atoms with E-state index in [0.717, 1.165) is 24.2 Å². The summed E-state index contributed by atoms with van der Waals surface area (Å²) in [5, 5.41) is 0. The van der Waals surface area contributed by atoms with Gasteiger partial charge in [0, 0.05) is 31.1 Å². The zero-order valence-corrected chi connectivity index (χ0v) is 13.9. The van der Waals surface area contributed by atoms with Gasteiger partial charge in [-0.05, 0) is 37.0 Å². The summed E-state index contributed by atoms with van der Waals surface area (Å²) in [4.78, 5) is 16.1. The Bertz CT molecular complexity index is 755. The van der Waals surface area contributed by atoms with Gasteiger partial charge in [0.2, 0.25) is 0 Å². The van der Waals surface area contributed by atoms with Crippen LogP contribution in [0.25, 0.3) is 0 Å². The van der Waals surface area contributed by atoms with Crippen molar-refractivity contribution in [2.75, 3.05) is 24.2 Å². The van der Waals surface area contributed by atoms with Crippen molar-refractivity contribution in [2.24, 2.45) is 5.73 Å². The minimum Gasteiger partial charge on any atom is -0.326 e. The molecule has 7 heteroatoms. The van der Waals surface area contributed by atoms with E-state index in [2.05, 4.69) is 0 Å². The molecule has 0 unspecified atom stereocenters. The second-order valence-electron chi connectivity index (χ2n) is 6.92. The van der Waals surface area contributed by atoms with Crippen LogP contribution in [-0.2, 0) is 14.6 Å². The monoisotopic (exact) mass is 335 g/mol. The Kier molecular flexibility index (Phi) is 3.06. The van der Waals surface area contributed by atoms with E-state index < -0.39 is 14.6 Å². The lowest BCUT2D eigenvalue weighted by Crippen LogP contribution is -2.37. The van der Waals surface area contributed by atoms with E-state index in [4.69, 9.17) is 5.73 Å². The molecule has 0 spiro atoms. The molecule has 3 fully saturated rings. The first-order valence-electron chi connectivity index (χ1n) is 7.97. The van der Waals surface area contributed by atoms with E-state index in [1.807, 2.05) is 29.2 Å². The zero-order chi connectivity index (χ0) is 16.4. The first kappa shape index (κ1) is 15.0. The number of fused-ring (bicyclic) bond motifs is 1. The molecule has 23 heavy (non-hydrogen) atoms. The van der Waals surface area contributed by atoms with Gasteiger partial charge >= 0.3 is 6.03 Å². The van der Waals surface area contributed by atoms with E-state index in [-0.39, 0.29) is 18.1 Å². The van der Waals surface area contributed by atoms with Gasteiger partial charge in [-0.2, -0.15) is 0 Å². The summed E-state index contributed by atoms with van der Waals surface area (Å²) in [6.45, 7) is 1.33. The summed E-state index contributed by atoms with van der Waals surface area (Å²) >= 11 is 0. The number of urea groups is 1. The number of sulfone groups is 1. The molecule has 2 amide bonds. The largest absolute Gasteiger partial charge is 0.326 e. The molecular weight excluding hydrogens is 314 g/mol. The fraction of sp³-hybridized carbons (Fsp3) is 0.562. The molecular formula is C16H21N3O3S. The summed E-state index contributed by atoms with van der Waals surface area (Å²) in [6.07, 6.45) is 3.52. The number of benzene rings is 1. The Morgan fingerprint density at radius 1 is 1.22 bits per heavy atom. The lowest BCUT2D eigenvalue weighted by Gasteiger charge is -2.19. The Morgan fingerprint density at radius 3 is 2.39 bits per heavy atom. The van der Waals surface area contributed by atoms with Gasteiger partial charge in [0.05, 0.1) is 10.8 Å². The minimum absolute atomic E-state index is 0.0000479. The highest BCUT2D eigenvalue weighted by Gasteiger charge is 2.53. The first-order valence-corrected chi connectivity index (χ1v) is 9.86. The number of anilines is 1. The van der Waals surface area contributed by atoms with Crippen LogP contribution in [0.4, 0.5) is 10.5 Å². The zero-order valence-electron chi connectivity index (χ0n) is 13.1. The standard InChI is InChI=1S/C16H21N3O3S/c1-23(21,22)16(7-8-16)11-2-4-12(5-3-11)19-10-14-13(17)6-9-18(14)15(19)20/h2-5,13-14H,6-10,17H2,1H3/t13-,14-/m1/s1. The molecule has 4 rings (SSSR count). The fourth-order valence-corrected chi connectivity index (χ4v) is 5.33. The third-order valence-corrected chi connectivity index (χ3v) is 7.63. The Hall–Kier alpha value is -1.60. The summed E-state index contributed by atoms with van der Waals surface area (Å²) in [6, 6.07) is 7.54. The van der Waals surface area contributed by atoms with Gasteiger partial charge in [-0.15, -0.1) is 0 Å². The number of hydrogen-bond acceptors (Lipinski definition) is 4. The smallest absolute Gasteiger partial charge is 0.324 e. The van der Waals surface area contributed by atoms with Crippen LogP contribution in [0.15, 0.2) is 24.3 Å². The number of nitrogens with zero attached hydrogens (tertiary/aromatic N) is 2. The van der Waals surface area contributed by atoms with Crippen LogP contribution in [0.1, 0.15) is 24.8 Å². The normalized spacial score (nSPS) is 29.0. The van der Waals surface area contributed by atoms with Crippen molar-refractivity contribution < 1.29 is 13.2 Å². The molecule has 1 aromatic carbocycles. The maximum Gasteiger partial charge on any atom is 0.324 e. The Morgan fingerprint density at radius 2 is 1.87 bits per heavy atom. The van der Waals surface area contributed by atoms with E-state index in [0.29, 0.717) is 19.4 Å². The topological polar surface area (TPSA) is 83.7 Å². The summed E-state index contributed by atoms with van der Waals surface area (Å²) in [7, 11) is -3.11. The summed E-state index contributed by atoms with van der Waals surface area (Å²) in [5.74, 6) is 0. The average Bonchev–Trinajstić information content (AvgIpc) is 3.16. The Balaban J connectivity index is 1.59. The number of rotatable bonds is 3. The highest BCUT2D eigenvalue weighted by atomic mass is 32.2. The van der Waals surface area contributed by atoms with Gasteiger partial charge in [-0.3, -0.25) is 4.90 Å². The third-order valence-electron chi connectivity index (χ3n) is 5.56. The van der Waals surface area contributed by atoms with E-state index in [1.54, 1.807) is 4.90 Å². The van der Waals surface area contributed by atoms with Crippen molar-refractivity contribution in [3.8, 4) is 0 Å². The summed E-state index contributed by atoms with van der Waals surface area (Å²) in [5.41, 5.74) is 7.71. The molecule has 2 aliphatic heterocycles. The molecule has 3 aliphatic rings. The number of carbonyl (C=O) groups is 1. The maximum absolute atomic E-state index is 12.5. The molecule has 0 aromatic heterocycles. The lowest BCUT2D eigenvalue weighted by molar-refractivity contribution is 0.218. The molecule has 2 saturated heterocycles. The molecule has 6 nitrogen and oxygen atoms in total. The van der Waals surface area contributed by atoms with Crippen molar-refractivity contribution >= 4 is 21.6 Å². The van der Waals surface area contributed by atoms with Crippen LogP contribution >= 0.6 is 0 Å². The predicted molar refractivity (Wildman–Crippen MR) is 88.0 cm³/mol.